The fourth-order valence-corrected chi connectivity index (χ4v) is 2.56. The number of amides is 1. The summed E-state index contributed by atoms with van der Waals surface area (Å²) in [5.74, 6) is 1.18. The Labute approximate surface area is 92.3 Å². The van der Waals surface area contributed by atoms with Crippen LogP contribution in [0.25, 0.3) is 0 Å². The van der Waals surface area contributed by atoms with Gasteiger partial charge in [0.05, 0.1) is 0 Å². The van der Waals surface area contributed by atoms with E-state index in [4.69, 9.17) is 5.11 Å². The van der Waals surface area contributed by atoms with Crippen LogP contribution in [0.2, 0.25) is 0 Å². The van der Waals surface area contributed by atoms with Gasteiger partial charge in [-0.05, 0) is 36.5 Å². The number of hydrogen-bond acceptors (Lipinski definition) is 1. The molecule has 0 aromatic rings. The molecule has 3 atom stereocenters. The van der Waals surface area contributed by atoms with Crippen LogP contribution in [-0.4, -0.2) is 17.2 Å². The molecule has 1 aliphatic rings. The van der Waals surface area contributed by atoms with Crippen LogP contribution in [0.3, 0.4) is 0 Å². The molecule has 0 spiro atoms. The highest BCUT2D eigenvalue weighted by atomic mass is 16.4. The second-order valence-corrected chi connectivity index (χ2v) is 5.91. The number of nitrogens with one attached hydrogen (secondary N) is 1. The van der Waals surface area contributed by atoms with E-state index >= 15 is 0 Å². The van der Waals surface area contributed by atoms with Crippen LogP contribution in [0, 0.1) is 17.3 Å². The maximum absolute atomic E-state index is 10.6. The van der Waals surface area contributed by atoms with Gasteiger partial charge in [0, 0.05) is 6.04 Å². The average molecular weight is 213 g/mol. The van der Waals surface area contributed by atoms with Crippen molar-refractivity contribution < 1.29 is 9.90 Å². The first kappa shape index (κ1) is 12.3. The second kappa shape index (κ2) is 4.42. The van der Waals surface area contributed by atoms with Crippen molar-refractivity contribution in [3.8, 4) is 0 Å². The molecule has 2 N–H and O–H groups in total. The quantitative estimate of drug-likeness (QED) is 0.703. The van der Waals surface area contributed by atoms with Gasteiger partial charge >= 0.3 is 6.09 Å². The van der Waals surface area contributed by atoms with Crippen LogP contribution in [0.1, 0.15) is 47.0 Å². The Balaban J connectivity index is 2.51. The Morgan fingerprint density at radius 3 is 2.33 bits per heavy atom. The van der Waals surface area contributed by atoms with E-state index < -0.39 is 6.09 Å². The molecule has 0 radical (unpaired) electrons. The lowest BCUT2D eigenvalue weighted by Crippen LogP contribution is -2.43. The number of rotatable bonds is 1. The molecule has 1 fully saturated rings. The summed E-state index contributed by atoms with van der Waals surface area (Å²) in [6, 6.07) is 0.154. The second-order valence-electron chi connectivity index (χ2n) is 5.91. The first-order valence-corrected chi connectivity index (χ1v) is 5.80. The van der Waals surface area contributed by atoms with Crippen LogP contribution >= 0.6 is 0 Å². The highest BCUT2D eigenvalue weighted by Gasteiger charge is 2.34. The summed E-state index contributed by atoms with van der Waals surface area (Å²) in [6.45, 7) is 8.97. The highest BCUT2D eigenvalue weighted by molar-refractivity contribution is 5.64. The molecule has 0 aliphatic heterocycles. The smallest absolute Gasteiger partial charge is 0.404 e. The van der Waals surface area contributed by atoms with Gasteiger partial charge in [0.2, 0.25) is 0 Å². The average Bonchev–Trinajstić information content (AvgIpc) is 2.05. The van der Waals surface area contributed by atoms with Crippen molar-refractivity contribution in [2.24, 2.45) is 17.3 Å². The lowest BCUT2D eigenvalue weighted by Gasteiger charge is -2.40. The molecule has 1 aliphatic carbocycles. The van der Waals surface area contributed by atoms with E-state index in [-0.39, 0.29) is 6.04 Å². The molecule has 3 unspecified atom stereocenters. The van der Waals surface area contributed by atoms with Gasteiger partial charge in [-0.25, -0.2) is 4.79 Å². The molecule has 1 rings (SSSR count). The molecule has 0 aromatic carbocycles. The Morgan fingerprint density at radius 1 is 1.33 bits per heavy atom. The fourth-order valence-electron chi connectivity index (χ4n) is 2.56. The third-order valence-electron chi connectivity index (χ3n) is 3.70. The molecule has 0 heterocycles. The third-order valence-corrected chi connectivity index (χ3v) is 3.70. The van der Waals surface area contributed by atoms with Crippen LogP contribution in [0.4, 0.5) is 4.79 Å². The van der Waals surface area contributed by atoms with Gasteiger partial charge in [-0.2, -0.15) is 0 Å². The van der Waals surface area contributed by atoms with E-state index in [1.165, 1.54) is 0 Å². The van der Waals surface area contributed by atoms with Gasteiger partial charge in [0.1, 0.15) is 0 Å². The topological polar surface area (TPSA) is 49.3 Å². The van der Waals surface area contributed by atoms with Crippen LogP contribution in [0.15, 0.2) is 0 Å². The Morgan fingerprint density at radius 2 is 1.93 bits per heavy atom. The van der Waals surface area contributed by atoms with E-state index in [2.05, 4.69) is 33.0 Å². The largest absolute Gasteiger partial charge is 0.465 e. The molecule has 0 aromatic heterocycles. The number of carboxylic acid groups (broad SMARTS) is 1. The summed E-state index contributed by atoms with van der Waals surface area (Å²) in [5, 5.41) is 11.3. The minimum atomic E-state index is -0.888. The fraction of sp³-hybridized carbons (Fsp3) is 0.917. The molecule has 1 saturated carbocycles. The van der Waals surface area contributed by atoms with E-state index in [0.29, 0.717) is 11.3 Å². The van der Waals surface area contributed by atoms with Crippen molar-refractivity contribution in [2.75, 3.05) is 0 Å². The zero-order chi connectivity index (χ0) is 11.6. The molecular weight excluding hydrogens is 190 g/mol. The minimum Gasteiger partial charge on any atom is -0.465 e. The first-order chi connectivity index (χ1) is 6.80. The maximum Gasteiger partial charge on any atom is 0.404 e. The van der Waals surface area contributed by atoms with Gasteiger partial charge in [-0.3, -0.25) is 0 Å². The van der Waals surface area contributed by atoms with Crippen molar-refractivity contribution in [1.29, 1.82) is 0 Å². The van der Waals surface area contributed by atoms with E-state index in [1.54, 1.807) is 0 Å². The molecular formula is C12H23NO2. The molecule has 0 saturated heterocycles. The molecule has 15 heavy (non-hydrogen) atoms. The SMILES string of the molecule is CC1CC(C(C)(C)C)CCC1NC(=O)O. The van der Waals surface area contributed by atoms with Crippen LogP contribution < -0.4 is 5.32 Å². The Kier molecular flexibility index (Phi) is 3.63. The summed E-state index contributed by atoms with van der Waals surface area (Å²) >= 11 is 0. The van der Waals surface area contributed by atoms with Gasteiger partial charge < -0.3 is 10.4 Å². The normalized spacial score (nSPS) is 32.4. The zero-order valence-electron chi connectivity index (χ0n) is 10.2. The van der Waals surface area contributed by atoms with Gasteiger partial charge in [-0.15, -0.1) is 0 Å². The predicted octanol–water partition coefficient (Wildman–Crippen LogP) is 3.10. The summed E-state index contributed by atoms with van der Waals surface area (Å²) in [6.07, 6.45) is 2.36. The minimum absolute atomic E-state index is 0.154. The standard InChI is InChI=1S/C12H23NO2/c1-8-7-9(12(2,3)4)5-6-10(8)13-11(14)15/h8-10,13H,5-7H2,1-4H3,(H,14,15). The van der Waals surface area contributed by atoms with Crippen molar-refractivity contribution >= 4 is 6.09 Å². The lowest BCUT2D eigenvalue weighted by molar-refractivity contribution is 0.117. The van der Waals surface area contributed by atoms with Gasteiger partial charge in [0.25, 0.3) is 0 Å². The van der Waals surface area contributed by atoms with E-state index in [9.17, 15) is 4.79 Å². The van der Waals surface area contributed by atoms with Gasteiger partial charge in [0.15, 0.2) is 0 Å². The monoisotopic (exact) mass is 213 g/mol. The number of hydrogen-bond donors (Lipinski definition) is 2. The maximum atomic E-state index is 10.6. The van der Waals surface area contributed by atoms with Crippen molar-refractivity contribution in [3.63, 3.8) is 0 Å². The van der Waals surface area contributed by atoms with Gasteiger partial charge in [-0.1, -0.05) is 27.7 Å². The van der Waals surface area contributed by atoms with Crippen molar-refractivity contribution in [2.45, 2.75) is 53.0 Å². The summed E-state index contributed by atoms with van der Waals surface area (Å²) < 4.78 is 0. The zero-order valence-corrected chi connectivity index (χ0v) is 10.2. The molecule has 1 amide bonds. The predicted molar refractivity (Wildman–Crippen MR) is 60.9 cm³/mol. The molecule has 88 valence electrons. The van der Waals surface area contributed by atoms with Crippen molar-refractivity contribution in [1.82, 2.24) is 5.32 Å². The summed E-state index contributed by atoms with van der Waals surface area (Å²) in [5.41, 5.74) is 0.350. The van der Waals surface area contributed by atoms with E-state index in [0.717, 1.165) is 25.2 Å². The number of carbonyl (C=O) groups is 1. The highest BCUT2D eigenvalue weighted by Crippen LogP contribution is 2.40. The third kappa shape index (κ3) is 3.40. The van der Waals surface area contributed by atoms with Crippen molar-refractivity contribution in [3.05, 3.63) is 0 Å². The first-order valence-electron chi connectivity index (χ1n) is 5.80. The molecule has 0 bridgehead atoms. The summed E-state index contributed by atoms with van der Waals surface area (Å²) in [7, 11) is 0. The summed E-state index contributed by atoms with van der Waals surface area (Å²) in [4.78, 5) is 10.6. The molecule has 3 heteroatoms. The van der Waals surface area contributed by atoms with Crippen LogP contribution in [0.5, 0.6) is 0 Å². The van der Waals surface area contributed by atoms with Crippen LogP contribution in [-0.2, 0) is 0 Å². The van der Waals surface area contributed by atoms with E-state index in [1.807, 2.05) is 0 Å². The Bertz CT molecular complexity index is 232. The molecule has 3 nitrogen and oxygen atoms in total. The Hall–Kier alpha value is -0.730. The lowest BCUT2D eigenvalue weighted by atomic mass is 9.68.